The first-order valence-corrected chi connectivity index (χ1v) is 12.8. The summed E-state index contributed by atoms with van der Waals surface area (Å²) in [5.74, 6) is 5.59. The maximum atomic E-state index is 13.5. The highest BCUT2D eigenvalue weighted by Gasteiger charge is 2.38. The molecule has 2 aromatic rings. The van der Waals surface area contributed by atoms with Crippen LogP contribution in [-0.4, -0.2) is 77.8 Å². The quantitative estimate of drug-likeness (QED) is 0.598. The molecular weight excluding hydrogens is 454 g/mol. The molecule has 1 aromatic carbocycles. The largest absolute Gasteiger partial charge is 0.487 e. The van der Waals surface area contributed by atoms with Crippen molar-refractivity contribution in [1.29, 1.82) is 0 Å². The van der Waals surface area contributed by atoms with Crippen molar-refractivity contribution in [2.45, 2.75) is 50.5 Å². The van der Waals surface area contributed by atoms with Crippen molar-refractivity contribution in [3.05, 3.63) is 53.9 Å². The number of rotatable bonds is 6. The van der Waals surface area contributed by atoms with Crippen molar-refractivity contribution in [1.82, 2.24) is 14.2 Å². The summed E-state index contributed by atoms with van der Waals surface area (Å²) in [6, 6.07) is 9.88. The Morgan fingerprint density at radius 1 is 1.29 bits per heavy atom. The van der Waals surface area contributed by atoms with Gasteiger partial charge in [-0.25, -0.2) is 8.42 Å². The maximum absolute atomic E-state index is 13.5. The molecule has 0 spiro atoms. The van der Waals surface area contributed by atoms with E-state index in [0.29, 0.717) is 18.7 Å². The van der Waals surface area contributed by atoms with Crippen LogP contribution in [0.25, 0.3) is 0 Å². The van der Waals surface area contributed by atoms with Crippen molar-refractivity contribution < 1.29 is 23.4 Å². The molecule has 1 aromatic heterocycles. The van der Waals surface area contributed by atoms with E-state index in [9.17, 15) is 18.6 Å². The third-order valence-electron chi connectivity index (χ3n) is 5.74. The number of sulfonamides is 1. The lowest BCUT2D eigenvalue weighted by molar-refractivity contribution is 0.0730. The minimum atomic E-state index is -3.91. The summed E-state index contributed by atoms with van der Waals surface area (Å²) in [6.07, 6.45) is 0.625. The van der Waals surface area contributed by atoms with Gasteiger partial charge >= 0.3 is 0 Å². The number of fused-ring (bicyclic) bond motifs is 1. The summed E-state index contributed by atoms with van der Waals surface area (Å²) in [6.45, 7) is 6.30. The fraction of sp³-hybridized carbons (Fsp3) is 0.480. The molecule has 0 bridgehead atoms. The van der Waals surface area contributed by atoms with E-state index in [1.807, 2.05) is 32.2 Å². The zero-order valence-electron chi connectivity index (χ0n) is 20.0. The number of aromatic nitrogens is 1. The summed E-state index contributed by atoms with van der Waals surface area (Å²) in [5.41, 5.74) is 1.48. The lowest BCUT2D eigenvalue weighted by Gasteiger charge is -2.37. The summed E-state index contributed by atoms with van der Waals surface area (Å²) >= 11 is 0. The van der Waals surface area contributed by atoms with Crippen LogP contribution < -0.4 is 4.74 Å². The molecule has 34 heavy (non-hydrogen) atoms. The van der Waals surface area contributed by atoms with Crippen LogP contribution in [-0.2, 0) is 16.6 Å². The molecule has 1 aliphatic heterocycles. The predicted molar refractivity (Wildman–Crippen MR) is 130 cm³/mol. The average molecular weight is 488 g/mol. The molecule has 0 fully saturated rings. The number of hydrogen-bond acceptors (Lipinski definition) is 7. The van der Waals surface area contributed by atoms with Crippen LogP contribution in [0.15, 0.2) is 47.5 Å². The Bertz CT molecular complexity index is 1130. The van der Waals surface area contributed by atoms with E-state index in [2.05, 4.69) is 21.7 Å². The Balaban J connectivity index is 1.99. The van der Waals surface area contributed by atoms with Gasteiger partial charge in [0.25, 0.3) is 0 Å². The molecule has 0 amide bonds. The molecule has 1 aliphatic rings. The van der Waals surface area contributed by atoms with Crippen LogP contribution in [0.1, 0.15) is 32.0 Å². The lowest BCUT2D eigenvalue weighted by Crippen LogP contribution is -2.49. The van der Waals surface area contributed by atoms with E-state index in [1.54, 1.807) is 32.2 Å². The van der Waals surface area contributed by atoms with Crippen LogP contribution in [0.2, 0.25) is 0 Å². The fourth-order valence-electron chi connectivity index (χ4n) is 3.85. The first-order chi connectivity index (χ1) is 16.1. The lowest BCUT2D eigenvalue weighted by atomic mass is 10.0. The van der Waals surface area contributed by atoms with Crippen molar-refractivity contribution >= 4 is 10.0 Å². The summed E-state index contributed by atoms with van der Waals surface area (Å²) in [5, 5.41) is 19.3. The minimum absolute atomic E-state index is 0.0414. The van der Waals surface area contributed by atoms with E-state index < -0.39 is 22.2 Å². The molecule has 0 unspecified atom stereocenters. The molecule has 0 aliphatic carbocycles. The number of hydrogen-bond donors (Lipinski definition) is 2. The van der Waals surface area contributed by atoms with Gasteiger partial charge < -0.3 is 14.9 Å². The van der Waals surface area contributed by atoms with Crippen molar-refractivity contribution in [3.63, 3.8) is 0 Å². The van der Waals surface area contributed by atoms with Gasteiger partial charge in [-0.15, -0.1) is 0 Å². The van der Waals surface area contributed by atoms with Gasteiger partial charge in [-0.1, -0.05) is 24.8 Å². The summed E-state index contributed by atoms with van der Waals surface area (Å²) < 4.78 is 34.7. The Hall–Kier alpha value is -2.48. The van der Waals surface area contributed by atoms with Gasteiger partial charge in [-0.05, 0) is 51.2 Å². The SMILES string of the molecule is C[C@H](O)C#Cc1ccc2c(c1)O[C@H](CN(C)Cc1ccccn1)[C@@H](C)CN([C@@H](C)CO)S2(=O)=O. The van der Waals surface area contributed by atoms with Crippen molar-refractivity contribution in [3.8, 4) is 17.6 Å². The number of benzene rings is 1. The van der Waals surface area contributed by atoms with Gasteiger partial charge in [-0.3, -0.25) is 9.88 Å². The van der Waals surface area contributed by atoms with Gasteiger partial charge in [0.05, 0.1) is 12.3 Å². The van der Waals surface area contributed by atoms with Crippen molar-refractivity contribution in [2.24, 2.45) is 5.92 Å². The predicted octanol–water partition coefficient (Wildman–Crippen LogP) is 1.71. The van der Waals surface area contributed by atoms with Crippen LogP contribution in [0.3, 0.4) is 0 Å². The highest BCUT2D eigenvalue weighted by molar-refractivity contribution is 7.89. The molecule has 9 heteroatoms. The highest BCUT2D eigenvalue weighted by Crippen LogP contribution is 2.34. The third-order valence-corrected chi connectivity index (χ3v) is 7.76. The van der Waals surface area contributed by atoms with Crippen LogP contribution >= 0.6 is 0 Å². The van der Waals surface area contributed by atoms with Crippen LogP contribution in [0, 0.1) is 17.8 Å². The van der Waals surface area contributed by atoms with Crippen LogP contribution in [0.4, 0.5) is 0 Å². The van der Waals surface area contributed by atoms with E-state index in [1.165, 1.54) is 10.4 Å². The molecule has 0 saturated heterocycles. The third kappa shape index (κ3) is 6.34. The number of aliphatic hydroxyl groups excluding tert-OH is 2. The monoisotopic (exact) mass is 487 g/mol. The van der Waals surface area contributed by atoms with E-state index >= 15 is 0 Å². The molecule has 3 rings (SSSR count). The Morgan fingerprint density at radius 3 is 2.71 bits per heavy atom. The maximum Gasteiger partial charge on any atom is 0.247 e. The Labute approximate surface area is 202 Å². The van der Waals surface area contributed by atoms with E-state index in [-0.39, 0.29) is 35.8 Å². The van der Waals surface area contributed by atoms with Gasteiger partial charge in [0.15, 0.2) is 0 Å². The number of pyridine rings is 1. The summed E-state index contributed by atoms with van der Waals surface area (Å²) in [7, 11) is -1.94. The van der Waals surface area contributed by atoms with Gasteiger partial charge in [0.1, 0.15) is 22.9 Å². The normalized spacial score (nSPS) is 21.9. The topological polar surface area (TPSA) is 103 Å². The summed E-state index contributed by atoms with van der Waals surface area (Å²) in [4.78, 5) is 6.51. The van der Waals surface area contributed by atoms with Crippen LogP contribution in [0.5, 0.6) is 5.75 Å². The molecular formula is C25H33N3O5S. The number of likely N-dealkylation sites (N-methyl/N-ethyl adjacent to an activating group) is 1. The van der Waals surface area contributed by atoms with Gasteiger partial charge in [0.2, 0.25) is 10.0 Å². The second-order valence-electron chi connectivity index (χ2n) is 8.86. The molecule has 2 heterocycles. The first-order valence-electron chi connectivity index (χ1n) is 11.3. The first kappa shape index (κ1) is 26.1. The second kappa shape index (κ2) is 11.3. The fourth-order valence-corrected chi connectivity index (χ4v) is 5.67. The molecule has 184 valence electrons. The molecule has 8 nitrogen and oxygen atoms in total. The molecule has 0 radical (unpaired) electrons. The zero-order valence-corrected chi connectivity index (χ0v) is 20.9. The Morgan fingerprint density at radius 2 is 2.06 bits per heavy atom. The number of nitrogens with zero attached hydrogens (tertiary/aromatic N) is 3. The molecule has 2 N–H and O–H groups in total. The standard InChI is InChI=1S/C25H33N3O5S/c1-18-14-28(19(2)17-29)34(31,32)25-11-10-21(9-8-20(3)30)13-23(25)33-24(18)16-27(4)15-22-7-5-6-12-26-22/h5-7,10-13,18-20,24,29-30H,14-17H2,1-4H3/t18-,19-,20-,24+/m0/s1. The zero-order chi connectivity index (χ0) is 24.9. The minimum Gasteiger partial charge on any atom is -0.487 e. The second-order valence-corrected chi connectivity index (χ2v) is 10.7. The van der Waals surface area contributed by atoms with Gasteiger partial charge in [-0.2, -0.15) is 4.31 Å². The highest BCUT2D eigenvalue weighted by atomic mass is 32.2. The van der Waals surface area contributed by atoms with Crippen molar-refractivity contribution in [2.75, 3.05) is 26.7 Å². The van der Waals surface area contributed by atoms with E-state index in [4.69, 9.17) is 4.74 Å². The van der Waals surface area contributed by atoms with E-state index in [0.717, 1.165) is 5.69 Å². The molecule has 4 atom stereocenters. The van der Waals surface area contributed by atoms with Gasteiger partial charge in [0, 0.05) is 43.4 Å². The average Bonchev–Trinajstić information content (AvgIpc) is 2.80. The Kier molecular flexibility index (Phi) is 8.68. The number of ether oxygens (including phenoxy) is 1. The number of aliphatic hydroxyl groups is 2. The smallest absolute Gasteiger partial charge is 0.247 e. The molecule has 0 saturated carbocycles.